The van der Waals surface area contributed by atoms with Crippen molar-refractivity contribution in [1.82, 2.24) is 14.5 Å². The molecule has 1 saturated heterocycles. The lowest BCUT2D eigenvalue weighted by atomic mass is 10.2. The summed E-state index contributed by atoms with van der Waals surface area (Å²) in [6, 6.07) is -0.705. The molecule has 0 aromatic carbocycles. The van der Waals surface area contributed by atoms with Gasteiger partial charge >= 0.3 is 5.97 Å². The van der Waals surface area contributed by atoms with Crippen molar-refractivity contribution in [1.29, 1.82) is 0 Å². The molecule has 1 atom stereocenters. The first kappa shape index (κ1) is 23.1. The van der Waals surface area contributed by atoms with Crippen LogP contribution in [-0.2, 0) is 19.6 Å². The van der Waals surface area contributed by atoms with E-state index in [0.29, 0.717) is 32.5 Å². The first-order valence-electron chi connectivity index (χ1n) is 7.83. The molecule has 1 rings (SSSR count). The monoisotopic (exact) mass is 385 g/mol. The molecule has 0 bridgehead atoms. The number of hydrogen-bond donors (Lipinski definition) is 2. The van der Waals surface area contributed by atoms with E-state index in [2.05, 4.69) is 5.32 Å². The van der Waals surface area contributed by atoms with Gasteiger partial charge in [0.15, 0.2) is 0 Å². The molecule has 1 aliphatic heterocycles. The molecule has 142 valence electrons. The summed E-state index contributed by atoms with van der Waals surface area (Å²) < 4.78 is 24.6. The van der Waals surface area contributed by atoms with Crippen LogP contribution in [0.3, 0.4) is 0 Å². The van der Waals surface area contributed by atoms with Crippen LogP contribution in [0.5, 0.6) is 0 Å². The van der Waals surface area contributed by atoms with Gasteiger partial charge in [0.2, 0.25) is 15.9 Å². The number of carboxylic acid groups (broad SMARTS) is 1. The van der Waals surface area contributed by atoms with Crippen molar-refractivity contribution in [2.24, 2.45) is 0 Å². The lowest BCUT2D eigenvalue weighted by Crippen LogP contribution is -2.43. The largest absolute Gasteiger partial charge is 0.480 e. The second kappa shape index (κ2) is 10.2. The fourth-order valence-electron chi connectivity index (χ4n) is 2.81. The molecule has 1 aliphatic rings. The van der Waals surface area contributed by atoms with Gasteiger partial charge in [-0.25, -0.2) is 8.42 Å². The Labute approximate surface area is 150 Å². The Balaban J connectivity index is 0.00000529. The highest BCUT2D eigenvalue weighted by atomic mass is 35.5. The topological polar surface area (TPSA) is 107 Å². The summed E-state index contributed by atoms with van der Waals surface area (Å²) >= 11 is 0. The molecule has 1 unspecified atom stereocenters. The lowest BCUT2D eigenvalue weighted by Gasteiger charge is -2.24. The van der Waals surface area contributed by atoms with E-state index >= 15 is 0 Å². The highest BCUT2D eigenvalue weighted by molar-refractivity contribution is 7.88. The number of carboxylic acids is 1. The second-order valence-electron chi connectivity index (χ2n) is 6.14. The minimum atomic E-state index is -3.25. The van der Waals surface area contributed by atoms with E-state index in [1.54, 1.807) is 18.7 Å². The maximum absolute atomic E-state index is 11.9. The molecule has 0 aliphatic carbocycles. The average molecular weight is 386 g/mol. The van der Waals surface area contributed by atoms with Gasteiger partial charge in [0.05, 0.1) is 12.8 Å². The molecule has 1 heterocycles. The fraction of sp³-hybridized carbons (Fsp3) is 0.857. The number of sulfonamides is 1. The summed E-state index contributed by atoms with van der Waals surface area (Å²) in [4.78, 5) is 24.6. The predicted molar refractivity (Wildman–Crippen MR) is 93.8 cm³/mol. The molecular formula is C14H28ClN3O5S. The van der Waals surface area contributed by atoms with Gasteiger partial charge in [-0.05, 0) is 39.7 Å². The number of likely N-dealkylation sites (tertiary alicyclic amines) is 1. The summed E-state index contributed by atoms with van der Waals surface area (Å²) in [7, 11) is -3.25. The maximum atomic E-state index is 11.9. The molecule has 0 spiro atoms. The van der Waals surface area contributed by atoms with E-state index in [1.165, 1.54) is 10.6 Å². The average Bonchev–Trinajstić information content (AvgIpc) is 2.84. The van der Waals surface area contributed by atoms with Crippen molar-refractivity contribution in [3.8, 4) is 0 Å². The first-order chi connectivity index (χ1) is 10.6. The Morgan fingerprint density at radius 1 is 1.38 bits per heavy atom. The zero-order valence-corrected chi connectivity index (χ0v) is 16.0. The number of halogens is 1. The summed E-state index contributed by atoms with van der Waals surface area (Å²) in [5.74, 6) is -1.12. The smallest absolute Gasteiger partial charge is 0.320 e. The fourth-order valence-corrected chi connectivity index (χ4v) is 4.03. The van der Waals surface area contributed by atoms with Gasteiger partial charge in [-0.1, -0.05) is 0 Å². The van der Waals surface area contributed by atoms with Crippen LogP contribution in [-0.4, -0.2) is 79.1 Å². The van der Waals surface area contributed by atoms with Crippen LogP contribution in [0.1, 0.15) is 33.1 Å². The maximum Gasteiger partial charge on any atom is 0.320 e. The third-order valence-corrected chi connectivity index (χ3v) is 5.33. The van der Waals surface area contributed by atoms with Crippen molar-refractivity contribution >= 4 is 34.3 Å². The van der Waals surface area contributed by atoms with Gasteiger partial charge in [-0.3, -0.25) is 14.5 Å². The molecule has 0 aromatic rings. The van der Waals surface area contributed by atoms with Gasteiger partial charge < -0.3 is 10.4 Å². The van der Waals surface area contributed by atoms with Crippen molar-refractivity contribution in [2.75, 3.05) is 32.4 Å². The minimum absolute atomic E-state index is 0. The number of nitrogens with zero attached hydrogens (tertiary/aromatic N) is 2. The quantitative estimate of drug-likeness (QED) is 0.546. The Hall–Kier alpha value is -0.900. The van der Waals surface area contributed by atoms with E-state index < -0.39 is 22.0 Å². The van der Waals surface area contributed by atoms with Gasteiger partial charge in [0, 0.05) is 19.1 Å². The molecule has 1 fully saturated rings. The normalized spacial score (nSPS) is 18.6. The Bertz CT molecular complexity index is 527. The Kier molecular flexibility index (Phi) is 9.79. The number of nitrogens with one attached hydrogen (secondary N) is 1. The van der Waals surface area contributed by atoms with Crippen LogP contribution in [0, 0.1) is 0 Å². The van der Waals surface area contributed by atoms with Crippen LogP contribution < -0.4 is 5.32 Å². The third-order valence-electron chi connectivity index (χ3n) is 3.87. The van der Waals surface area contributed by atoms with Crippen LogP contribution in [0.2, 0.25) is 0 Å². The summed E-state index contributed by atoms with van der Waals surface area (Å²) in [6.07, 6.45) is 3.03. The predicted octanol–water partition coefficient (Wildman–Crippen LogP) is 0.134. The summed E-state index contributed by atoms with van der Waals surface area (Å²) in [5, 5.41) is 11.8. The number of amides is 1. The van der Waals surface area contributed by atoms with Crippen molar-refractivity contribution < 1.29 is 23.1 Å². The van der Waals surface area contributed by atoms with E-state index in [0.717, 1.165) is 6.42 Å². The second-order valence-corrected chi connectivity index (χ2v) is 8.07. The third kappa shape index (κ3) is 7.33. The lowest BCUT2D eigenvalue weighted by molar-refractivity contribution is -0.142. The van der Waals surface area contributed by atoms with Gasteiger partial charge in [0.1, 0.15) is 6.04 Å². The number of carbonyl (C=O) groups excluding carboxylic acids is 1. The minimum Gasteiger partial charge on any atom is -0.480 e. The van der Waals surface area contributed by atoms with E-state index in [4.69, 9.17) is 5.11 Å². The highest BCUT2D eigenvalue weighted by Gasteiger charge is 2.31. The van der Waals surface area contributed by atoms with Crippen molar-refractivity contribution in [2.45, 2.75) is 45.2 Å². The Morgan fingerprint density at radius 2 is 2.00 bits per heavy atom. The molecule has 0 saturated carbocycles. The van der Waals surface area contributed by atoms with E-state index in [9.17, 15) is 18.0 Å². The molecule has 8 nitrogen and oxygen atoms in total. The van der Waals surface area contributed by atoms with Gasteiger partial charge in [0.25, 0.3) is 0 Å². The van der Waals surface area contributed by atoms with Crippen LogP contribution >= 0.6 is 12.4 Å². The Morgan fingerprint density at radius 3 is 2.50 bits per heavy atom. The van der Waals surface area contributed by atoms with Crippen LogP contribution in [0.4, 0.5) is 0 Å². The van der Waals surface area contributed by atoms with E-state index in [-0.39, 0.29) is 30.9 Å². The number of aliphatic carboxylic acids is 1. The molecular weight excluding hydrogens is 358 g/mol. The molecule has 0 aromatic heterocycles. The SMILES string of the molecule is CC(C)N(CCCNC(=O)CN1CCCC1C(=O)O)S(C)(=O)=O.Cl. The van der Waals surface area contributed by atoms with Crippen LogP contribution in [0.15, 0.2) is 0 Å². The first-order valence-corrected chi connectivity index (χ1v) is 9.68. The summed E-state index contributed by atoms with van der Waals surface area (Å²) in [6.45, 7) is 5.00. The van der Waals surface area contributed by atoms with Gasteiger partial charge in [-0.2, -0.15) is 4.31 Å². The zero-order valence-electron chi connectivity index (χ0n) is 14.4. The van der Waals surface area contributed by atoms with Crippen LogP contribution in [0.25, 0.3) is 0 Å². The number of hydrogen-bond acceptors (Lipinski definition) is 5. The molecule has 0 radical (unpaired) electrons. The molecule has 2 N–H and O–H groups in total. The number of rotatable bonds is 9. The van der Waals surface area contributed by atoms with Gasteiger partial charge in [-0.15, -0.1) is 12.4 Å². The van der Waals surface area contributed by atoms with E-state index in [1.807, 2.05) is 0 Å². The molecule has 1 amide bonds. The summed E-state index contributed by atoms with van der Waals surface area (Å²) in [5.41, 5.74) is 0. The standard InChI is InChI=1S/C14H27N3O5S.ClH/c1-11(2)17(23(3,21)22)9-5-7-15-13(18)10-16-8-4-6-12(16)14(19)20;/h11-12H,4-10H2,1-3H3,(H,15,18)(H,19,20);1H. The van der Waals surface area contributed by atoms with Crippen molar-refractivity contribution in [3.05, 3.63) is 0 Å². The van der Waals surface area contributed by atoms with Crippen molar-refractivity contribution in [3.63, 3.8) is 0 Å². The molecule has 24 heavy (non-hydrogen) atoms. The number of carbonyl (C=O) groups is 2. The molecule has 10 heteroatoms. The highest BCUT2D eigenvalue weighted by Crippen LogP contribution is 2.16. The zero-order chi connectivity index (χ0) is 17.6.